The molecule has 0 fully saturated rings. The summed E-state index contributed by atoms with van der Waals surface area (Å²) in [5.74, 6) is 0.390. The van der Waals surface area contributed by atoms with Crippen LogP contribution in [0.25, 0.3) is 0 Å². The van der Waals surface area contributed by atoms with Gasteiger partial charge in [-0.15, -0.1) is 6.58 Å². The maximum atomic E-state index is 10.8. The summed E-state index contributed by atoms with van der Waals surface area (Å²) in [6, 6.07) is 3.74. The van der Waals surface area contributed by atoms with Gasteiger partial charge in [-0.3, -0.25) is 4.79 Å². The minimum Gasteiger partial charge on any atom is -0.455 e. The topological polar surface area (TPSA) is 68.3 Å². The number of hydrogen-bond acceptors (Lipinski definition) is 3. The maximum Gasteiger partial charge on any atom is 0.284 e. The van der Waals surface area contributed by atoms with Crippen molar-refractivity contribution in [2.75, 3.05) is 0 Å². The van der Waals surface area contributed by atoms with Gasteiger partial charge in [0.2, 0.25) is 0 Å². The van der Waals surface area contributed by atoms with Gasteiger partial charge in [0, 0.05) is 6.04 Å². The quantitative estimate of drug-likeness (QED) is 0.691. The summed E-state index contributed by atoms with van der Waals surface area (Å²) in [5.41, 5.74) is 5.08. The molecule has 0 saturated heterocycles. The first kappa shape index (κ1) is 12.5. The van der Waals surface area contributed by atoms with E-state index in [0.29, 0.717) is 12.6 Å². The maximum absolute atomic E-state index is 10.8. The van der Waals surface area contributed by atoms with Gasteiger partial charge >= 0.3 is 0 Å². The van der Waals surface area contributed by atoms with E-state index in [-0.39, 0.29) is 5.76 Å². The van der Waals surface area contributed by atoms with Crippen LogP contribution in [0.2, 0.25) is 0 Å². The smallest absolute Gasteiger partial charge is 0.284 e. The Morgan fingerprint density at radius 3 is 3.00 bits per heavy atom. The van der Waals surface area contributed by atoms with Gasteiger partial charge < -0.3 is 15.5 Å². The fourth-order valence-electron chi connectivity index (χ4n) is 1.35. The number of allylic oxidation sites excluding steroid dienone is 1. The van der Waals surface area contributed by atoms with Crippen LogP contribution in [0, 0.1) is 0 Å². The minimum atomic E-state index is -0.536. The summed E-state index contributed by atoms with van der Waals surface area (Å²) in [4.78, 5) is 10.8. The van der Waals surface area contributed by atoms with E-state index in [0.717, 1.165) is 18.6 Å². The molecule has 0 radical (unpaired) electrons. The van der Waals surface area contributed by atoms with Crippen molar-refractivity contribution in [3.05, 3.63) is 36.3 Å². The summed E-state index contributed by atoms with van der Waals surface area (Å²) in [6.45, 7) is 6.38. The van der Waals surface area contributed by atoms with Crippen molar-refractivity contribution < 1.29 is 9.21 Å². The standard InChI is InChI=1S/C12H18N2O2/c1-3-4-5-9(2)14-8-10-6-7-11(16-10)12(13)15/h3,6-7,9,14H,1,4-5,8H2,2H3,(H2,13,15). The number of carbonyl (C=O) groups is 1. The monoisotopic (exact) mass is 222 g/mol. The number of carbonyl (C=O) groups excluding carboxylic acids is 1. The predicted octanol–water partition coefficient (Wildman–Crippen LogP) is 1.82. The molecule has 1 aromatic rings. The van der Waals surface area contributed by atoms with Crippen molar-refractivity contribution in [2.45, 2.75) is 32.4 Å². The summed E-state index contributed by atoms with van der Waals surface area (Å²) < 4.78 is 5.24. The molecule has 1 rings (SSSR count). The Morgan fingerprint density at radius 2 is 2.44 bits per heavy atom. The Balaban J connectivity index is 2.36. The zero-order chi connectivity index (χ0) is 12.0. The minimum absolute atomic E-state index is 0.204. The van der Waals surface area contributed by atoms with Crippen LogP contribution in [0.4, 0.5) is 0 Å². The molecule has 0 aliphatic heterocycles. The Bertz CT molecular complexity index is 358. The molecule has 3 N–H and O–H groups in total. The van der Waals surface area contributed by atoms with E-state index in [1.807, 2.05) is 6.08 Å². The Kier molecular flexibility index (Phi) is 4.79. The molecule has 1 heterocycles. The fourth-order valence-corrected chi connectivity index (χ4v) is 1.35. The number of hydrogen-bond donors (Lipinski definition) is 2. The van der Waals surface area contributed by atoms with Gasteiger partial charge in [-0.05, 0) is 31.9 Å². The van der Waals surface area contributed by atoms with E-state index in [1.165, 1.54) is 0 Å². The molecule has 88 valence electrons. The lowest BCUT2D eigenvalue weighted by atomic mass is 10.2. The first-order valence-corrected chi connectivity index (χ1v) is 5.36. The van der Waals surface area contributed by atoms with E-state index < -0.39 is 5.91 Å². The van der Waals surface area contributed by atoms with Crippen molar-refractivity contribution >= 4 is 5.91 Å². The van der Waals surface area contributed by atoms with E-state index in [1.54, 1.807) is 12.1 Å². The molecule has 0 spiro atoms. The van der Waals surface area contributed by atoms with Crippen molar-refractivity contribution in [1.82, 2.24) is 5.32 Å². The summed E-state index contributed by atoms with van der Waals surface area (Å²) in [7, 11) is 0. The molecular weight excluding hydrogens is 204 g/mol. The normalized spacial score (nSPS) is 12.3. The van der Waals surface area contributed by atoms with Gasteiger partial charge in [0.15, 0.2) is 5.76 Å². The molecule has 1 amide bonds. The van der Waals surface area contributed by atoms with Gasteiger partial charge in [0.1, 0.15) is 5.76 Å². The molecule has 0 bridgehead atoms. The Hall–Kier alpha value is -1.55. The van der Waals surface area contributed by atoms with E-state index in [9.17, 15) is 4.79 Å². The van der Waals surface area contributed by atoms with Crippen LogP contribution >= 0.6 is 0 Å². The van der Waals surface area contributed by atoms with Gasteiger partial charge in [0.25, 0.3) is 5.91 Å². The average molecular weight is 222 g/mol. The van der Waals surface area contributed by atoms with Crippen LogP contribution in [0.1, 0.15) is 36.1 Å². The first-order valence-electron chi connectivity index (χ1n) is 5.36. The third-order valence-corrected chi connectivity index (χ3v) is 2.33. The summed E-state index contributed by atoms with van der Waals surface area (Å²) in [6.07, 6.45) is 3.92. The van der Waals surface area contributed by atoms with Crippen molar-refractivity contribution in [3.63, 3.8) is 0 Å². The third-order valence-electron chi connectivity index (χ3n) is 2.33. The summed E-state index contributed by atoms with van der Waals surface area (Å²) >= 11 is 0. The lowest BCUT2D eigenvalue weighted by Gasteiger charge is -2.10. The van der Waals surface area contributed by atoms with Crippen LogP contribution in [0.15, 0.2) is 29.2 Å². The van der Waals surface area contributed by atoms with Gasteiger partial charge in [-0.25, -0.2) is 0 Å². The second-order valence-electron chi connectivity index (χ2n) is 3.78. The molecule has 16 heavy (non-hydrogen) atoms. The number of nitrogens with one attached hydrogen (secondary N) is 1. The zero-order valence-electron chi connectivity index (χ0n) is 9.53. The van der Waals surface area contributed by atoms with Crippen LogP contribution in [-0.4, -0.2) is 11.9 Å². The molecule has 1 unspecified atom stereocenters. The molecule has 4 heteroatoms. The van der Waals surface area contributed by atoms with Gasteiger partial charge in [-0.2, -0.15) is 0 Å². The van der Waals surface area contributed by atoms with Crippen LogP contribution < -0.4 is 11.1 Å². The SMILES string of the molecule is C=CCCC(C)NCc1ccc(C(N)=O)o1. The number of amides is 1. The Labute approximate surface area is 95.5 Å². The highest BCUT2D eigenvalue weighted by atomic mass is 16.3. The fraction of sp³-hybridized carbons (Fsp3) is 0.417. The zero-order valence-corrected chi connectivity index (χ0v) is 9.53. The number of primary amides is 1. The highest BCUT2D eigenvalue weighted by Gasteiger charge is 2.07. The van der Waals surface area contributed by atoms with E-state index >= 15 is 0 Å². The van der Waals surface area contributed by atoms with Crippen LogP contribution in [0.3, 0.4) is 0 Å². The van der Waals surface area contributed by atoms with E-state index in [4.69, 9.17) is 10.2 Å². The van der Waals surface area contributed by atoms with Gasteiger partial charge in [0.05, 0.1) is 6.54 Å². The molecule has 0 aromatic carbocycles. The molecule has 0 aliphatic rings. The van der Waals surface area contributed by atoms with Crippen molar-refractivity contribution in [1.29, 1.82) is 0 Å². The van der Waals surface area contributed by atoms with Crippen molar-refractivity contribution in [3.8, 4) is 0 Å². The average Bonchev–Trinajstić information content (AvgIpc) is 2.72. The lowest BCUT2D eigenvalue weighted by molar-refractivity contribution is 0.0972. The molecular formula is C12H18N2O2. The third kappa shape index (κ3) is 3.90. The number of furan rings is 1. The number of nitrogens with two attached hydrogens (primary N) is 1. The summed E-state index contributed by atoms with van der Waals surface area (Å²) in [5, 5.41) is 3.29. The van der Waals surface area contributed by atoms with Crippen LogP contribution in [0.5, 0.6) is 0 Å². The highest BCUT2D eigenvalue weighted by Crippen LogP contribution is 2.07. The second kappa shape index (κ2) is 6.12. The predicted molar refractivity (Wildman–Crippen MR) is 63.0 cm³/mol. The largest absolute Gasteiger partial charge is 0.455 e. The molecule has 0 aliphatic carbocycles. The lowest BCUT2D eigenvalue weighted by Crippen LogP contribution is -2.24. The van der Waals surface area contributed by atoms with E-state index in [2.05, 4.69) is 18.8 Å². The van der Waals surface area contributed by atoms with Gasteiger partial charge in [-0.1, -0.05) is 6.08 Å². The molecule has 0 saturated carbocycles. The Morgan fingerprint density at radius 1 is 1.69 bits per heavy atom. The second-order valence-corrected chi connectivity index (χ2v) is 3.78. The highest BCUT2D eigenvalue weighted by molar-refractivity contribution is 5.89. The van der Waals surface area contributed by atoms with Crippen molar-refractivity contribution in [2.24, 2.45) is 5.73 Å². The molecule has 1 atom stereocenters. The first-order chi connectivity index (χ1) is 7.63. The molecule has 4 nitrogen and oxygen atoms in total. The molecule has 1 aromatic heterocycles. The number of rotatable bonds is 7. The van der Waals surface area contributed by atoms with Crippen LogP contribution in [-0.2, 0) is 6.54 Å².